The number of hydrogen-bond acceptors (Lipinski definition) is 3. The van der Waals surface area contributed by atoms with E-state index in [0.29, 0.717) is 18.5 Å². The summed E-state index contributed by atoms with van der Waals surface area (Å²) in [6, 6.07) is 0.555. The molecule has 1 aliphatic heterocycles. The topological polar surface area (TPSA) is 52.6 Å². The molecule has 0 aromatic rings. The molecular weight excluding hydrogens is 264 g/mol. The molecule has 0 bridgehead atoms. The standard InChI is InChI=1S/C17H32N2O2/c1-2-3-4-7-10-19(11-12-20)17(21)16-13-14-8-5-6-9-15(14)18-16/h14-16,18,20H,2-13H2,1H3. The maximum Gasteiger partial charge on any atom is 0.239 e. The second kappa shape index (κ2) is 8.74. The van der Waals surface area contributed by atoms with Gasteiger partial charge in [0.1, 0.15) is 0 Å². The lowest BCUT2D eigenvalue weighted by Crippen LogP contribution is -2.46. The van der Waals surface area contributed by atoms with Crippen molar-refractivity contribution >= 4 is 5.91 Å². The average Bonchev–Trinajstić information content (AvgIpc) is 2.93. The highest BCUT2D eigenvalue weighted by molar-refractivity contribution is 5.82. The van der Waals surface area contributed by atoms with Gasteiger partial charge in [0, 0.05) is 19.1 Å². The van der Waals surface area contributed by atoms with Crippen LogP contribution in [0.2, 0.25) is 0 Å². The molecule has 1 aliphatic carbocycles. The molecule has 1 amide bonds. The van der Waals surface area contributed by atoms with Gasteiger partial charge >= 0.3 is 0 Å². The predicted octanol–water partition coefficient (Wildman–Crippen LogP) is 2.31. The van der Waals surface area contributed by atoms with E-state index >= 15 is 0 Å². The van der Waals surface area contributed by atoms with Crippen LogP contribution < -0.4 is 5.32 Å². The van der Waals surface area contributed by atoms with Crippen molar-refractivity contribution in [3.05, 3.63) is 0 Å². The molecule has 4 nitrogen and oxygen atoms in total. The normalized spacial score (nSPS) is 28.4. The van der Waals surface area contributed by atoms with E-state index in [1.165, 1.54) is 44.9 Å². The Balaban J connectivity index is 1.82. The minimum atomic E-state index is -0.00387. The third-order valence-corrected chi connectivity index (χ3v) is 5.12. The first kappa shape index (κ1) is 16.8. The molecule has 2 aliphatic rings. The third-order valence-electron chi connectivity index (χ3n) is 5.12. The molecule has 0 aromatic carbocycles. The Bertz CT molecular complexity index is 308. The lowest BCUT2D eigenvalue weighted by atomic mass is 9.85. The van der Waals surface area contributed by atoms with Gasteiger partial charge in [-0.3, -0.25) is 4.79 Å². The quantitative estimate of drug-likeness (QED) is 0.676. The Kier molecular flexibility index (Phi) is 6.97. The molecule has 2 N–H and O–H groups in total. The van der Waals surface area contributed by atoms with E-state index in [1.807, 2.05) is 4.90 Å². The number of nitrogens with zero attached hydrogens (tertiary/aromatic N) is 1. The minimum absolute atomic E-state index is 0.00387. The molecule has 0 spiro atoms. The van der Waals surface area contributed by atoms with Crippen molar-refractivity contribution in [1.82, 2.24) is 10.2 Å². The molecule has 4 heteroatoms. The van der Waals surface area contributed by atoms with E-state index < -0.39 is 0 Å². The van der Waals surface area contributed by atoms with Crippen LogP contribution in [0.25, 0.3) is 0 Å². The van der Waals surface area contributed by atoms with Crippen LogP contribution in [0, 0.1) is 5.92 Å². The minimum Gasteiger partial charge on any atom is -0.395 e. The summed E-state index contributed by atoms with van der Waals surface area (Å²) in [5.41, 5.74) is 0. The lowest BCUT2D eigenvalue weighted by molar-refractivity contribution is -0.133. The fraction of sp³-hybridized carbons (Fsp3) is 0.941. The zero-order valence-electron chi connectivity index (χ0n) is 13.5. The summed E-state index contributed by atoms with van der Waals surface area (Å²) in [7, 11) is 0. The summed E-state index contributed by atoms with van der Waals surface area (Å²) in [6.07, 6.45) is 10.8. The van der Waals surface area contributed by atoms with Gasteiger partial charge in [-0.25, -0.2) is 0 Å². The molecule has 1 heterocycles. The number of carbonyl (C=O) groups is 1. The number of fused-ring (bicyclic) bond motifs is 1. The highest BCUT2D eigenvalue weighted by atomic mass is 16.3. The van der Waals surface area contributed by atoms with Crippen LogP contribution in [-0.4, -0.2) is 47.7 Å². The van der Waals surface area contributed by atoms with Crippen LogP contribution in [-0.2, 0) is 4.79 Å². The van der Waals surface area contributed by atoms with Gasteiger partial charge in [-0.2, -0.15) is 0 Å². The van der Waals surface area contributed by atoms with Crippen molar-refractivity contribution in [1.29, 1.82) is 0 Å². The van der Waals surface area contributed by atoms with Gasteiger partial charge in [0.15, 0.2) is 0 Å². The van der Waals surface area contributed by atoms with Crippen molar-refractivity contribution in [3.8, 4) is 0 Å². The van der Waals surface area contributed by atoms with Crippen molar-refractivity contribution in [2.24, 2.45) is 5.92 Å². The Morgan fingerprint density at radius 2 is 2.00 bits per heavy atom. The number of aliphatic hydroxyl groups is 1. The van der Waals surface area contributed by atoms with Crippen LogP contribution in [0.5, 0.6) is 0 Å². The number of unbranched alkanes of at least 4 members (excludes halogenated alkanes) is 3. The summed E-state index contributed by atoms with van der Waals surface area (Å²) in [4.78, 5) is 14.6. The number of nitrogens with one attached hydrogen (secondary N) is 1. The number of aliphatic hydroxyl groups excluding tert-OH is 1. The zero-order chi connectivity index (χ0) is 15.1. The lowest BCUT2D eigenvalue weighted by Gasteiger charge is -2.26. The Hall–Kier alpha value is -0.610. The fourth-order valence-corrected chi connectivity index (χ4v) is 3.91. The van der Waals surface area contributed by atoms with Gasteiger partial charge in [0.05, 0.1) is 12.6 Å². The molecule has 1 saturated carbocycles. The van der Waals surface area contributed by atoms with Gasteiger partial charge < -0.3 is 15.3 Å². The highest BCUT2D eigenvalue weighted by Crippen LogP contribution is 2.33. The molecule has 21 heavy (non-hydrogen) atoms. The van der Waals surface area contributed by atoms with Gasteiger partial charge in [0.2, 0.25) is 5.91 Å². The summed E-state index contributed by atoms with van der Waals surface area (Å²) in [5, 5.41) is 12.8. The highest BCUT2D eigenvalue weighted by Gasteiger charge is 2.39. The van der Waals surface area contributed by atoms with Crippen molar-refractivity contribution < 1.29 is 9.90 Å². The zero-order valence-corrected chi connectivity index (χ0v) is 13.5. The molecular formula is C17H32N2O2. The molecule has 2 rings (SSSR count). The monoisotopic (exact) mass is 296 g/mol. The van der Waals surface area contributed by atoms with Gasteiger partial charge in [-0.1, -0.05) is 39.0 Å². The van der Waals surface area contributed by atoms with Crippen LogP contribution >= 0.6 is 0 Å². The number of hydrogen-bond donors (Lipinski definition) is 2. The summed E-state index contributed by atoms with van der Waals surface area (Å²) < 4.78 is 0. The van der Waals surface area contributed by atoms with Crippen LogP contribution in [0.15, 0.2) is 0 Å². The molecule has 2 fully saturated rings. The van der Waals surface area contributed by atoms with E-state index in [0.717, 1.165) is 19.4 Å². The molecule has 122 valence electrons. The number of rotatable bonds is 8. The summed E-state index contributed by atoms with van der Waals surface area (Å²) >= 11 is 0. The first-order chi connectivity index (χ1) is 10.3. The predicted molar refractivity (Wildman–Crippen MR) is 85.1 cm³/mol. The molecule has 3 atom stereocenters. The second-order valence-corrected chi connectivity index (χ2v) is 6.72. The van der Waals surface area contributed by atoms with E-state index in [-0.39, 0.29) is 18.6 Å². The van der Waals surface area contributed by atoms with Gasteiger partial charge in [0.25, 0.3) is 0 Å². The average molecular weight is 296 g/mol. The van der Waals surface area contributed by atoms with E-state index in [1.54, 1.807) is 0 Å². The third kappa shape index (κ3) is 4.68. The van der Waals surface area contributed by atoms with Crippen molar-refractivity contribution in [2.45, 2.75) is 76.8 Å². The van der Waals surface area contributed by atoms with Gasteiger partial charge in [-0.05, 0) is 31.6 Å². The maximum atomic E-state index is 12.7. The largest absolute Gasteiger partial charge is 0.395 e. The van der Waals surface area contributed by atoms with E-state index in [2.05, 4.69) is 12.2 Å². The van der Waals surface area contributed by atoms with Crippen LogP contribution in [0.1, 0.15) is 64.7 Å². The van der Waals surface area contributed by atoms with Crippen molar-refractivity contribution in [2.75, 3.05) is 19.7 Å². The molecule has 3 unspecified atom stereocenters. The Morgan fingerprint density at radius 1 is 1.19 bits per heavy atom. The number of carbonyl (C=O) groups excluding carboxylic acids is 1. The maximum absolute atomic E-state index is 12.7. The van der Waals surface area contributed by atoms with E-state index in [9.17, 15) is 9.90 Å². The van der Waals surface area contributed by atoms with E-state index in [4.69, 9.17) is 0 Å². The van der Waals surface area contributed by atoms with Crippen LogP contribution in [0.4, 0.5) is 0 Å². The first-order valence-corrected chi connectivity index (χ1v) is 8.92. The number of amides is 1. The smallest absolute Gasteiger partial charge is 0.239 e. The first-order valence-electron chi connectivity index (χ1n) is 8.92. The molecule has 0 aromatic heterocycles. The Labute approximate surface area is 129 Å². The summed E-state index contributed by atoms with van der Waals surface area (Å²) in [5.74, 6) is 0.915. The Morgan fingerprint density at radius 3 is 2.71 bits per heavy atom. The summed E-state index contributed by atoms with van der Waals surface area (Å²) in [6.45, 7) is 3.55. The second-order valence-electron chi connectivity index (χ2n) is 6.72. The molecule has 0 radical (unpaired) electrons. The molecule has 1 saturated heterocycles. The fourth-order valence-electron chi connectivity index (χ4n) is 3.91. The van der Waals surface area contributed by atoms with Crippen molar-refractivity contribution in [3.63, 3.8) is 0 Å². The van der Waals surface area contributed by atoms with Crippen LogP contribution in [0.3, 0.4) is 0 Å². The van der Waals surface area contributed by atoms with Gasteiger partial charge in [-0.15, -0.1) is 0 Å². The SMILES string of the molecule is CCCCCCN(CCO)C(=O)C1CC2CCCCC2N1.